The van der Waals surface area contributed by atoms with Crippen LogP contribution in [0.1, 0.15) is 26.7 Å². The van der Waals surface area contributed by atoms with Crippen molar-refractivity contribution >= 4 is 5.97 Å². The zero-order chi connectivity index (χ0) is 8.85. The van der Waals surface area contributed by atoms with Gasteiger partial charge in [0.15, 0.2) is 0 Å². The van der Waals surface area contributed by atoms with Crippen LogP contribution < -0.4 is 0 Å². The number of rotatable bonds is 5. The van der Waals surface area contributed by atoms with Crippen LogP contribution >= 0.6 is 0 Å². The molecular weight excluding hydrogens is 144 g/mol. The summed E-state index contributed by atoms with van der Waals surface area (Å²) in [4.78, 5) is 10.3. The van der Waals surface area contributed by atoms with Gasteiger partial charge < -0.3 is 16.6 Å². The molecule has 11 heavy (non-hydrogen) atoms. The predicted molar refractivity (Wildman–Crippen MR) is 42.0 cm³/mol. The summed E-state index contributed by atoms with van der Waals surface area (Å²) in [6.45, 7) is 3.47. The van der Waals surface area contributed by atoms with E-state index in [1.807, 2.05) is 6.92 Å². The molecule has 0 saturated heterocycles. The first kappa shape index (κ1) is 10.4. The number of carboxylic acids is 1. The quantitative estimate of drug-likeness (QED) is 0.590. The fraction of sp³-hybridized carbons (Fsp3) is 0.750. The Morgan fingerprint density at radius 1 is 1.64 bits per heavy atom. The summed E-state index contributed by atoms with van der Waals surface area (Å²) >= 11 is 0. The molecule has 0 aliphatic heterocycles. The number of aliphatic hydroxyl groups is 1. The zero-order valence-corrected chi connectivity index (χ0v) is 6.95. The smallest absolute Gasteiger partial charge is 0.275 e. The third-order valence-corrected chi connectivity index (χ3v) is 1.62. The van der Waals surface area contributed by atoms with Gasteiger partial charge in [0, 0.05) is 6.10 Å². The molecule has 0 saturated carbocycles. The van der Waals surface area contributed by atoms with Crippen LogP contribution in [0.25, 0.3) is 0 Å². The molecule has 66 valence electrons. The third kappa shape index (κ3) is 4.79. The van der Waals surface area contributed by atoms with Gasteiger partial charge in [-0.2, -0.15) is 6.42 Å². The number of hydrogen-bond acceptors (Lipinski definition) is 2. The second kappa shape index (κ2) is 5.13. The SMILES string of the molecule is CC[C@@H](O)C[CH-]C(C)C(=O)O. The molecule has 0 aromatic heterocycles. The molecule has 0 aromatic rings. The van der Waals surface area contributed by atoms with Crippen LogP contribution in [0.5, 0.6) is 0 Å². The molecule has 0 amide bonds. The van der Waals surface area contributed by atoms with Gasteiger partial charge in [-0.25, -0.2) is 0 Å². The van der Waals surface area contributed by atoms with Crippen molar-refractivity contribution in [1.29, 1.82) is 0 Å². The van der Waals surface area contributed by atoms with E-state index in [0.717, 1.165) is 0 Å². The predicted octanol–water partition coefficient (Wildman–Crippen LogP) is 1.07. The van der Waals surface area contributed by atoms with Gasteiger partial charge in [0.05, 0.1) is 0 Å². The highest BCUT2D eigenvalue weighted by Crippen LogP contribution is 2.08. The highest BCUT2D eigenvalue weighted by molar-refractivity contribution is 5.70. The second-order valence-electron chi connectivity index (χ2n) is 2.66. The van der Waals surface area contributed by atoms with Gasteiger partial charge in [0.1, 0.15) is 0 Å². The van der Waals surface area contributed by atoms with Gasteiger partial charge in [-0.3, -0.25) is 4.79 Å². The Kier molecular flexibility index (Phi) is 4.86. The minimum absolute atomic E-state index is 0.392. The molecule has 1 unspecified atom stereocenters. The summed E-state index contributed by atoms with van der Waals surface area (Å²) in [5, 5.41) is 17.5. The molecule has 0 aromatic carbocycles. The molecule has 3 nitrogen and oxygen atoms in total. The van der Waals surface area contributed by atoms with Crippen molar-refractivity contribution in [2.45, 2.75) is 32.8 Å². The average Bonchev–Trinajstić information content (AvgIpc) is 1.99. The summed E-state index contributed by atoms with van der Waals surface area (Å²) in [5.41, 5.74) is 0. The Morgan fingerprint density at radius 2 is 2.18 bits per heavy atom. The highest BCUT2D eigenvalue weighted by atomic mass is 16.4. The molecule has 0 bridgehead atoms. The molecule has 0 fully saturated rings. The van der Waals surface area contributed by atoms with E-state index in [4.69, 9.17) is 10.2 Å². The van der Waals surface area contributed by atoms with Gasteiger partial charge in [-0.05, 0) is 6.42 Å². The summed E-state index contributed by atoms with van der Waals surface area (Å²) in [5.74, 6) is -1.30. The van der Waals surface area contributed by atoms with Crippen molar-refractivity contribution in [3.05, 3.63) is 6.42 Å². The molecule has 3 heteroatoms. The number of hydrogen-bond donors (Lipinski definition) is 2. The fourth-order valence-electron chi connectivity index (χ4n) is 0.629. The second-order valence-corrected chi connectivity index (χ2v) is 2.66. The Balaban J connectivity index is 3.45. The lowest BCUT2D eigenvalue weighted by molar-refractivity contribution is -0.140. The topological polar surface area (TPSA) is 57.5 Å². The maximum atomic E-state index is 10.3. The number of carbonyl (C=O) groups is 1. The maximum absolute atomic E-state index is 10.3. The van der Waals surface area contributed by atoms with Crippen LogP contribution in [0.15, 0.2) is 0 Å². The molecule has 0 rings (SSSR count). The zero-order valence-electron chi connectivity index (χ0n) is 6.95. The lowest BCUT2D eigenvalue weighted by atomic mass is 10.0. The fourth-order valence-corrected chi connectivity index (χ4v) is 0.629. The summed E-state index contributed by atoms with van der Waals surface area (Å²) in [7, 11) is 0. The molecule has 0 heterocycles. The van der Waals surface area contributed by atoms with Gasteiger partial charge in [0.2, 0.25) is 0 Å². The van der Waals surface area contributed by atoms with E-state index in [1.54, 1.807) is 13.3 Å². The van der Waals surface area contributed by atoms with E-state index in [1.165, 1.54) is 0 Å². The van der Waals surface area contributed by atoms with Crippen molar-refractivity contribution < 1.29 is 15.0 Å². The first-order valence-electron chi connectivity index (χ1n) is 3.82. The number of aliphatic hydroxyl groups excluding tert-OH is 1. The third-order valence-electron chi connectivity index (χ3n) is 1.62. The molecule has 0 spiro atoms. The Labute approximate surface area is 67.0 Å². The van der Waals surface area contributed by atoms with E-state index >= 15 is 0 Å². The van der Waals surface area contributed by atoms with E-state index in [-0.39, 0.29) is 0 Å². The molecule has 2 N–H and O–H groups in total. The van der Waals surface area contributed by atoms with Crippen molar-refractivity contribution in [1.82, 2.24) is 0 Å². The van der Waals surface area contributed by atoms with Crippen molar-refractivity contribution in [3.63, 3.8) is 0 Å². The van der Waals surface area contributed by atoms with Crippen molar-refractivity contribution in [2.75, 3.05) is 0 Å². The summed E-state index contributed by atoms with van der Waals surface area (Å²) < 4.78 is 0. The van der Waals surface area contributed by atoms with Crippen LogP contribution in [0.2, 0.25) is 0 Å². The minimum Gasteiger partial charge on any atom is -0.483 e. The van der Waals surface area contributed by atoms with Crippen LogP contribution in [0.4, 0.5) is 0 Å². The van der Waals surface area contributed by atoms with Crippen molar-refractivity contribution in [3.8, 4) is 0 Å². The van der Waals surface area contributed by atoms with E-state index in [0.29, 0.717) is 12.8 Å². The van der Waals surface area contributed by atoms with Crippen LogP contribution in [0, 0.1) is 12.3 Å². The number of aliphatic carboxylic acids is 1. The van der Waals surface area contributed by atoms with E-state index in [2.05, 4.69) is 0 Å². The normalized spacial score (nSPS) is 15.9. The van der Waals surface area contributed by atoms with Crippen LogP contribution in [-0.2, 0) is 4.79 Å². The van der Waals surface area contributed by atoms with E-state index in [9.17, 15) is 4.79 Å². The average molecular weight is 159 g/mol. The molecular formula is C8H15O3-. The Morgan fingerprint density at radius 3 is 2.55 bits per heavy atom. The van der Waals surface area contributed by atoms with Crippen LogP contribution in [-0.4, -0.2) is 22.3 Å². The van der Waals surface area contributed by atoms with Gasteiger partial charge in [0.25, 0.3) is 5.97 Å². The Bertz CT molecular complexity index is 123. The van der Waals surface area contributed by atoms with Crippen LogP contribution in [0.3, 0.4) is 0 Å². The molecule has 0 radical (unpaired) electrons. The van der Waals surface area contributed by atoms with E-state index < -0.39 is 18.0 Å². The van der Waals surface area contributed by atoms with Gasteiger partial charge in [-0.1, -0.05) is 19.8 Å². The monoisotopic (exact) mass is 159 g/mol. The lowest BCUT2D eigenvalue weighted by Gasteiger charge is -2.19. The first-order valence-corrected chi connectivity index (χ1v) is 3.82. The summed E-state index contributed by atoms with van der Waals surface area (Å²) in [6, 6.07) is 0. The molecule has 0 aliphatic rings. The number of carboxylic acid groups (broad SMARTS) is 1. The van der Waals surface area contributed by atoms with Gasteiger partial charge >= 0.3 is 0 Å². The van der Waals surface area contributed by atoms with Gasteiger partial charge in [-0.15, -0.1) is 0 Å². The standard InChI is InChI=1S/C8H15O3/c1-3-7(9)5-4-6(2)8(10)11/h4,6-7,9H,3,5H2,1-2H3,(H,10,11)/q-1/t6?,7-/m1/s1. The summed E-state index contributed by atoms with van der Waals surface area (Å²) in [6.07, 6.45) is 2.36. The Hall–Kier alpha value is -0.570. The lowest BCUT2D eigenvalue weighted by Crippen LogP contribution is -2.14. The molecule has 0 aliphatic carbocycles. The highest BCUT2D eigenvalue weighted by Gasteiger charge is 2.02. The first-order chi connectivity index (χ1) is 5.07. The minimum atomic E-state index is -0.840. The maximum Gasteiger partial charge on any atom is 0.275 e. The molecule has 2 atom stereocenters. The van der Waals surface area contributed by atoms with Crippen molar-refractivity contribution in [2.24, 2.45) is 5.92 Å². The largest absolute Gasteiger partial charge is 0.483 e.